The highest BCUT2D eigenvalue weighted by Crippen LogP contribution is 2.19. The molecule has 2 heterocycles. The lowest BCUT2D eigenvalue weighted by molar-refractivity contribution is -0.121. The second-order valence-corrected chi connectivity index (χ2v) is 5.64. The maximum atomic E-state index is 11.7. The molecule has 0 aromatic carbocycles. The largest absolute Gasteiger partial charge is 0.419 e. The van der Waals surface area contributed by atoms with Gasteiger partial charge in [0.15, 0.2) is 0 Å². The van der Waals surface area contributed by atoms with E-state index < -0.39 is 0 Å². The molecule has 8 nitrogen and oxygen atoms in total. The molecule has 0 aliphatic heterocycles. The van der Waals surface area contributed by atoms with Gasteiger partial charge in [0.25, 0.3) is 5.89 Å². The van der Waals surface area contributed by atoms with E-state index in [1.165, 1.54) is 0 Å². The minimum Gasteiger partial charge on any atom is -0.419 e. The summed E-state index contributed by atoms with van der Waals surface area (Å²) in [5.74, 6) is 0.890. The standard InChI is InChI=1S/C15H24N6O2/c1-5-21-12(10-11(2)19-21)15-18-17-14(23-15)7-6-13(22)16-8-9-20(3)4/h10H,5-9H2,1-4H3,(H,16,22). The number of hydrogen-bond acceptors (Lipinski definition) is 6. The van der Waals surface area contributed by atoms with Gasteiger partial charge < -0.3 is 14.6 Å². The fourth-order valence-corrected chi connectivity index (χ4v) is 2.14. The Kier molecular flexibility index (Phi) is 5.86. The summed E-state index contributed by atoms with van der Waals surface area (Å²) < 4.78 is 7.47. The van der Waals surface area contributed by atoms with Crippen molar-refractivity contribution in [1.82, 2.24) is 30.2 Å². The molecule has 0 unspecified atom stereocenters. The summed E-state index contributed by atoms with van der Waals surface area (Å²) in [6.45, 7) is 6.11. The lowest BCUT2D eigenvalue weighted by Gasteiger charge is -2.09. The zero-order chi connectivity index (χ0) is 16.8. The summed E-state index contributed by atoms with van der Waals surface area (Å²) in [5, 5.41) is 15.3. The van der Waals surface area contributed by atoms with Crippen molar-refractivity contribution in [3.63, 3.8) is 0 Å². The third-order valence-corrected chi connectivity index (χ3v) is 3.33. The Bertz CT molecular complexity index is 646. The average Bonchev–Trinajstić information content (AvgIpc) is 3.10. The fourth-order valence-electron chi connectivity index (χ4n) is 2.14. The number of nitrogens with one attached hydrogen (secondary N) is 1. The van der Waals surface area contributed by atoms with Gasteiger partial charge in [-0.2, -0.15) is 5.10 Å². The Morgan fingerprint density at radius 1 is 1.39 bits per heavy atom. The van der Waals surface area contributed by atoms with E-state index in [0.29, 0.717) is 31.2 Å². The summed E-state index contributed by atoms with van der Waals surface area (Å²) in [6.07, 6.45) is 0.765. The number of hydrogen-bond donors (Lipinski definition) is 1. The molecule has 2 aromatic heterocycles. The Labute approximate surface area is 135 Å². The fraction of sp³-hybridized carbons (Fsp3) is 0.600. The van der Waals surface area contributed by atoms with Crippen molar-refractivity contribution in [3.05, 3.63) is 17.7 Å². The molecule has 0 aliphatic rings. The molecular formula is C15H24N6O2. The van der Waals surface area contributed by atoms with E-state index in [2.05, 4.69) is 20.6 Å². The van der Waals surface area contributed by atoms with Crippen molar-refractivity contribution < 1.29 is 9.21 Å². The van der Waals surface area contributed by atoms with Crippen LogP contribution in [0.15, 0.2) is 10.5 Å². The van der Waals surface area contributed by atoms with E-state index in [0.717, 1.165) is 24.5 Å². The van der Waals surface area contributed by atoms with E-state index in [1.54, 1.807) is 0 Å². The molecule has 2 rings (SSSR count). The zero-order valence-corrected chi connectivity index (χ0v) is 14.2. The van der Waals surface area contributed by atoms with Gasteiger partial charge in [-0.05, 0) is 34.0 Å². The SMILES string of the molecule is CCn1nc(C)cc1-c1nnc(CCC(=O)NCCN(C)C)o1. The van der Waals surface area contributed by atoms with Gasteiger partial charge in [-0.15, -0.1) is 10.2 Å². The number of aromatic nitrogens is 4. The highest BCUT2D eigenvalue weighted by Gasteiger charge is 2.15. The van der Waals surface area contributed by atoms with Gasteiger partial charge in [0, 0.05) is 32.5 Å². The molecule has 0 fully saturated rings. The van der Waals surface area contributed by atoms with Crippen molar-refractivity contribution in [1.29, 1.82) is 0 Å². The highest BCUT2D eigenvalue weighted by molar-refractivity contribution is 5.75. The molecule has 1 amide bonds. The summed E-state index contributed by atoms with van der Waals surface area (Å²) >= 11 is 0. The summed E-state index contributed by atoms with van der Waals surface area (Å²) in [6, 6.07) is 1.91. The summed E-state index contributed by atoms with van der Waals surface area (Å²) in [5.41, 5.74) is 1.71. The van der Waals surface area contributed by atoms with Crippen LogP contribution < -0.4 is 5.32 Å². The number of likely N-dealkylation sites (N-methyl/N-ethyl adjacent to an activating group) is 1. The van der Waals surface area contributed by atoms with Crippen LogP contribution in [0.4, 0.5) is 0 Å². The number of carbonyl (C=O) groups is 1. The molecule has 0 atom stereocenters. The van der Waals surface area contributed by atoms with E-state index in [-0.39, 0.29) is 5.91 Å². The quantitative estimate of drug-likeness (QED) is 0.776. The lowest BCUT2D eigenvalue weighted by Crippen LogP contribution is -2.31. The molecule has 2 aromatic rings. The Morgan fingerprint density at radius 3 is 2.87 bits per heavy atom. The molecule has 0 radical (unpaired) electrons. The van der Waals surface area contributed by atoms with Crippen LogP contribution in [0.1, 0.15) is 24.9 Å². The molecule has 23 heavy (non-hydrogen) atoms. The lowest BCUT2D eigenvalue weighted by atomic mass is 10.3. The van der Waals surface area contributed by atoms with E-state index >= 15 is 0 Å². The molecule has 0 bridgehead atoms. The van der Waals surface area contributed by atoms with Crippen LogP contribution in [0.5, 0.6) is 0 Å². The average molecular weight is 320 g/mol. The molecule has 1 N–H and O–H groups in total. The predicted molar refractivity (Wildman–Crippen MR) is 85.8 cm³/mol. The van der Waals surface area contributed by atoms with Gasteiger partial charge in [-0.3, -0.25) is 9.48 Å². The van der Waals surface area contributed by atoms with Crippen molar-refractivity contribution in [2.24, 2.45) is 0 Å². The third kappa shape index (κ3) is 4.88. The minimum atomic E-state index is -0.0129. The second-order valence-electron chi connectivity index (χ2n) is 5.64. The minimum absolute atomic E-state index is 0.0129. The normalized spacial score (nSPS) is 11.2. The smallest absolute Gasteiger partial charge is 0.265 e. The maximum absolute atomic E-state index is 11.7. The van der Waals surface area contributed by atoms with Crippen molar-refractivity contribution in [2.45, 2.75) is 33.2 Å². The van der Waals surface area contributed by atoms with Gasteiger partial charge in [0.2, 0.25) is 11.8 Å². The molecule has 126 valence electrons. The van der Waals surface area contributed by atoms with Crippen molar-refractivity contribution in [2.75, 3.05) is 27.2 Å². The van der Waals surface area contributed by atoms with Crippen molar-refractivity contribution >= 4 is 5.91 Å². The molecule has 0 aliphatic carbocycles. The molecular weight excluding hydrogens is 296 g/mol. The Balaban J connectivity index is 1.88. The Hall–Kier alpha value is -2.22. The highest BCUT2D eigenvalue weighted by atomic mass is 16.4. The number of aryl methyl sites for hydroxylation is 3. The molecule has 0 saturated carbocycles. The van der Waals surface area contributed by atoms with Crippen LogP contribution in [0.3, 0.4) is 0 Å². The van der Waals surface area contributed by atoms with Crippen LogP contribution in [0.2, 0.25) is 0 Å². The third-order valence-electron chi connectivity index (χ3n) is 3.33. The first-order valence-corrected chi connectivity index (χ1v) is 7.78. The number of carbonyl (C=O) groups excluding carboxylic acids is 1. The van der Waals surface area contributed by atoms with Crippen LogP contribution in [-0.4, -0.2) is 58.0 Å². The van der Waals surface area contributed by atoms with Crippen LogP contribution >= 0.6 is 0 Å². The molecule has 0 saturated heterocycles. The number of rotatable bonds is 8. The summed E-state index contributed by atoms with van der Waals surface area (Å²) in [7, 11) is 3.93. The van der Waals surface area contributed by atoms with Gasteiger partial charge >= 0.3 is 0 Å². The number of nitrogens with zero attached hydrogens (tertiary/aromatic N) is 5. The summed E-state index contributed by atoms with van der Waals surface area (Å²) in [4.78, 5) is 13.8. The van der Waals surface area contributed by atoms with Gasteiger partial charge in [0.05, 0.1) is 5.69 Å². The van der Waals surface area contributed by atoms with Crippen LogP contribution in [0.25, 0.3) is 11.6 Å². The Morgan fingerprint density at radius 2 is 2.17 bits per heavy atom. The van der Waals surface area contributed by atoms with Crippen LogP contribution in [0, 0.1) is 6.92 Å². The predicted octanol–water partition coefficient (Wildman–Crippen LogP) is 0.872. The van der Waals surface area contributed by atoms with Crippen molar-refractivity contribution in [3.8, 4) is 11.6 Å². The number of amides is 1. The first-order valence-electron chi connectivity index (χ1n) is 7.78. The topological polar surface area (TPSA) is 89.1 Å². The first-order chi connectivity index (χ1) is 11.0. The van der Waals surface area contributed by atoms with Gasteiger partial charge in [-0.1, -0.05) is 0 Å². The monoisotopic (exact) mass is 320 g/mol. The molecule has 8 heteroatoms. The second kappa shape index (κ2) is 7.87. The maximum Gasteiger partial charge on any atom is 0.265 e. The zero-order valence-electron chi connectivity index (χ0n) is 14.2. The first kappa shape index (κ1) is 17.1. The van der Waals surface area contributed by atoms with E-state index in [4.69, 9.17) is 4.42 Å². The van der Waals surface area contributed by atoms with Gasteiger partial charge in [-0.25, -0.2) is 0 Å². The molecule has 0 spiro atoms. The van der Waals surface area contributed by atoms with Crippen LogP contribution in [-0.2, 0) is 17.8 Å². The van der Waals surface area contributed by atoms with Gasteiger partial charge in [0.1, 0.15) is 5.69 Å². The van der Waals surface area contributed by atoms with E-state index in [1.807, 2.05) is 43.6 Å². The van der Waals surface area contributed by atoms with E-state index in [9.17, 15) is 4.79 Å².